The minimum Gasteiger partial charge on any atom is -0.455 e. The zero-order valence-electron chi connectivity index (χ0n) is 14.8. The number of hydrogen-bond donors (Lipinski definition) is 0. The Hall–Kier alpha value is -2.82. The third kappa shape index (κ3) is 2.53. The molecule has 0 aliphatic carbocycles. The average Bonchev–Trinajstić information content (AvgIpc) is 2.75. The Labute approximate surface area is 172 Å². The second-order valence-corrected chi connectivity index (χ2v) is 8.82. The molecule has 28 heavy (non-hydrogen) atoms. The maximum atomic E-state index is 6.23. The first-order valence-corrected chi connectivity index (χ1v) is 10.7. The lowest BCUT2D eigenvalue weighted by molar-refractivity contribution is 0.455. The molecule has 0 bridgehead atoms. The molecule has 134 valence electrons. The average molecular weight is 398 g/mol. The number of rotatable bonds is 1. The summed E-state index contributed by atoms with van der Waals surface area (Å²) in [4.78, 5) is 7.16. The van der Waals surface area contributed by atoms with E-state index >= 15 is 0 Å². The van der Waals surface area contributed by atoms with Crippen molar-refractivity contribution in [3.8, 4) is 11.5 Å². The molecule has 2 aliphatic rings. The van der Waals surface area contributed by atoms with Gasteiger partial charge in [-0.15, -0.1) is 0 Å². The third-order valence-corrected chi connectivity index (χ3v) is 7.15. The zero-order chi connectivity index (χ0) is 18.5. The Kier molecular flexibility index (Phi) is 3.67. The lowest BCUT2D eigenvalue weighted by atomic mass is 10.1. The van der Waals surface area contributed by atoms with Crippen LogP contribution in [0.1, 0.15) is 0 Å². The van der Waals surface area contributed by atoms with Crippen LogP contribution in [0.25, 0.3) is 0 Å². The molecular weight excluding hydrogens is 382 g/mol. The van der Waals surface area contributed by atoms with Crippen LogP contribution in [-0.4, -0.2) is 0 Å². The minimum absolute atomic E-state index is 0.911. The molecule has 0 saturated heterocycles. The van der Waals surface area contributed by atoms with Gasteiger partial charge in [0.1, 0.15) is 11.5 Å². The first-order chi connectivity index (χ1) is 13.9. The van der Waals surface area contributed by atoms with Gasteiger partial charge in [-0.25, -0.2) is 0 Å². The van der Waals surface area contributed by atoms with Crippen molar-refractivity contribution in [1.29, 1.82) is 0 Å². The van der Waals surface area contributed by atoms with Gasteiger partial charge in [0.15, 0.2) is 0 Å². The summed E-state index contributed by atoms with van der Waals surface area (Å²) in [7, 11) is 0. The van der Waals surface area contributed by atoms with Gasteiger partial charge < -0.3 is 9.64 Å². The van der Waals surface area contributed by atoms with E-state index in [1.54, 1.807) is 11.8 Å². The van der Waals surface area contributed by atoms with Crippen molar-refractivity contribution < 1.29 is 4.74 Å². The molecule has 6 rings (SSSR count). The largest absolute Gasteiger partial charge is 0.455 e. The molecule has 2 nitrogen and oxygen atoms in total. The van der Waals surface area contributed by atoms with Crippen LogP contribution in [0.5, 0.6) is 11.5 Å². The Bertz CT molecular complexity index is 1180. The van der Waals surface area contributed by atoms with Crippen LogP contribution in [-0.2, 0) is 0 Å². The van der Waals surface area contributed by atoms with Crippen LogP contribution >= 0.6 is 23.5 Å². The van der Waals surface area contributed by atoms with E-state index in [-0.39, 0.29) is 0 Å². The molecule has 0 N–H and O–H groups in total. The van der Waals surface area contributed by atoms with Gasteiger partial charge in [0.05, 0.1) is 26.9 Å². The van der Waals surface area contributed by atoms with Crippen molar-refractivity contribution in [2.24, 2.45) is 0 Å². The van der Waals surface area contributed by atoms with E-state index in [9.17, 15) is 0 Å². The molecule has 0 atom stereocenters. The molecule has 0 fully saturated rings. The monoisotopic (exact) mass is 397 g/mol. The Morgan fingerprint density at radius 2 is 1.11 bits per heavy atom. The number of fused-ring (bicyclic) bond motifs is 4. The zero-order valence-corrected chi connectivity index (χ0v) is 16.5. The number of ether oxygens (including phenoxy) is 1. The molecule has 0 radical (unpaired) electrons. The van der Waals surface area contributed by atoms with Crippen LogP contribution < -0.4 is 9.64 Å². The number of anilines is 3. The summed E-state index contributed by atoms with van der Waals surface area (Å²) in [5, 5.41) is 0. The van der Waals surface area contributed by atoms with Crippen molar-refractivity contribution in [3.05, 3.63) is 91.0 Å². The fourth-order valence-electron chi connectivity index (χ4n) is 3.64. The smallest absolute Gasteiger partial charge is 0.143 e. The molecule has 0 spiro atoms. The Morgan fingerprint density at radius 1 is 0.536 bits per heavy atom. The molecule has 0 aromatic heterocycles. The van der Waals surface area contributed by atoms with Crippen LogP contribution in [0.4, 0.5) is 17.1 Å². The summed E-state index contributed by atoms with van der Waals surface area (Å²) >= 11 is 3.58. The first kappa shape index (κ1) is 16.2. The lowest BCUT2D eigenvalue weighted by Gasteiger charge is -2.33. The van der Waals surface area contributed by atoms with Crippen molar-refractivity contribution in [3.63, 3.8) is 0 Å². The number of nitrogens with zero attached hydrogens (tertiary/aromatic N) is 1. The number of hydrogen-bond acceptors (Lipinski definition) is 4. The van der Waals surface area contributed by atoms with Crippen LogP contribution in [0.15, 0.2) is 111 Å². The predicted molar refractivity (Wildman–Crippen MR) is 116 cm³/mol. The lowest BCUT2D eigenvalue weighted by Crippen LogP contribution is -2.14. The second kappa shape index (κ2) is 6.36. The van der Waals surface area contributed by atoms with Gasteiger partial charge in [0.25, 0.3) is 0 Å². The number of para-hydroxylation sites is 3. The van der Waals surface area contributed by atoms with Crippen LogP contribution in [0.2, 0.25) is 0 Å². The Morgan fingerprint density at radius 3 is 1.86 bits per heavy atom. The highest BCUT2D eigenvalue weighted by Crippen LogP contribution is 2.53. The van der Waals surface area contributed by atoms with E-state index in [2.05, 4.69) is 77.7 Å². The van der Waals surface area contributed by atoms with E-state index in [0.29, 0.717) is 0 Å². The van der Waals surface area contributed by atoms with E-state index < -0.39 is 0 Å². The van der Waals surface area contributed by atoms with Crippen LogP contribution in [0, 0.1) is 0 Å². The van der Waals surface area contributed by atoms with Crippen molar-refractivity contribution in [1.82, 2.24) is 0 Å². The molecule has 0 amide bonds. The summed E-state index contributed by atoms with van der Waals surface area (Å²) in [6, 6.07) is 31.8. The van der Waals surface area contributed by atoms with E-state index in [1.165, 1.54) is 21.2 Å². The highest BCUT2D eigenvalue weighted by atomic mass is 32.2. The van der Waals surface area contributed by atoms with Gasteiger partial charge in [-0.05, 0) is 48.5 Å². The highest BCUT2D eigenvalue weighted by Gasteiger charge is 2.26. The van der Waals surface area contributed by atoms with E-state index in [0.717, 1.165) is 27.0 Å². The third-order valence-electron chi connectivity index (χ3n) is 4.91. The van der Waals surface area contributed by atoms with Gasteiger partial charge in [-0.2, -0.15) is 0 Å². The summed E-state index contributed by atoms with van der Waals surface area (Å²) in [6.45, 7) is 0. The molecule has 2 aliphatic heterocycles. The van der Waals surface area contributed by atoms with Gasteiger partial charge in [0, 0.05) is 15.9 Å². The maximum Gasteiger partial charge on any atom is 0.143 e. The molecule has 4 aromatic carbocycles. The van der Waals surface area contributed by atoms with Crippen molar-refractivity contribution >= 4 is 40.6 Å². The SMILES string of the molecule is c1ccc2c(c1)Oc1cc(N3c4ccccc4Sc4ccccc43)ccc1S2. The Balaban J connectivity index is 1.50. The quantitative estimate of drug-likeness (QED) is 0.280. The fraction of sp³-hybridized carbons (Fsp3) is 0. The summed E-state index contributed by atoms with van der Waals surface area (Å²) in [6.07, 6.45) is 0. The van der Waals surface area contributed by atoms with E-state index in [4.69, 9.17) is 4.74 Å². The molecule has 4 heteroatoms. The molecule has 0 unspecified atom stereocenters. The summed E-state index contributed by atoms with van der Waals surface area (Å²) in [5.41, 5.74) is 3.52. The van der Waals surface area contributed by atoms with Gasteiger partial charge in [0.2, 0.25) is 0 Å². The normalized spacial score (nSPS) is 13.6. The van der Waals surface area contributed by atoms with Crippen molar-refractivity contribution in [2.75, 3.05) is 4.90 Å². The molecule has 0 saturated carbocycles. The second-order valence-electron chi connectivity index (χ2n) is 6.65. The highest BCUT2D eigenvalue weighted by molar-refractivity contribution is 8.00. The topological polar surface area (TPSA) is 12.5 Å². The summed E-state index contributed by atoms with van der Waals surface area (Å²) in [5.74, 6) is 1.83. The standard InChI is InChI=1S/C24H15NOS2/c1-4-10-21-17(7-1)25(18-8-2-5-11-22(18)27-21)16-13-14-24-20(15-16)26-19-9-3-6-12-23(19)28-24/h1-15H. The van der Waals surface area contributed by atoms with Crippen molar-refractivity contribution in [2.45, 2.75) is 19.6 Å². The predicted octanol–water partition coefficient (Wildman–Crippen LogP) is 7.88. The van der Waals surface area contributed by atoms with Gasteiger partial charge >= 0.3 is 0 Å². The first-order valence-electron chi connectivity index (χ1n) is 9.12. The van der Waals surface area contributed by atoms with Gasteiger partial charge in [-0.1, -0.05) is 59.9 Å². The van der Waals surface area contributed by atoms with Gasteiger partial charge in [-0.3, -0.25) is 0 Å². The fourth-order valence-corrected chi connectivity index (χ4v) is 5.63. The maximum absolute atomic E-state index is 6.23. The summed E-state index contributed by atoms with van der Waals surface area (Å²) < 4.78 is 6.23. The van der Waals surface area contributed by atoms with Crippen LogP contribution in [0.3, 0.4) is 0 Å². The van der Waals surface area contributed by atoms with E-state index in [1.807, 2.05) is 30.0 Å². The number of benzene rings is 4. The minimum atomic E-state index is 0.911. The molecule has 2 heterocycles. The molecular formula is C24H15NOS2. The molecule has 4 aromatic rings.